The maximum absolute atomic E-state index is 12.7. The van der Waals surface area contributed by atoms with E-state index in [0.717, 1.165) is 6.04 Å². The molecule has 186 valence electrons. The van der Waals surface area contributed by atoms with Gasteiger partial charge in [-0.1, -0.05) is 61.7 Å². The minimum atomic E-state index is -4.98. The lowest BCUT2D eigenvalue weighted by molar-refractivity contribution is -0.173. The van der Waals surface area contributed by atoms with E-state index in [1.807, 2.05) is 11.4 Å². The zero-order valence-electron chi connectivity index (χ0n) is 19.6. The van der Waals surface area contributed by atoms with E-state index in [1.54, 1.807) is 28.8 Å². The summed E-state index contributed by atoms with van der Waals surface area (Å²) in [7, 11) is -1.24. The molecule has 1 aromatic carbocycles. The predicted octanol–water partition coefficient (Wildman–Crippen LogP) is 5.05. The van der Waals surface area contributed by atoms with Gasteiger partial charge >= 0.3 is 12.1 Å². The molecule has 0 saturated carbocycles. The normalized spacial score (nSPS) is 12.0. The molecule has 1 amide bonds. The monoisotopic (exact) mass is 521 g/mol. The molecule has 0 fully saturated rings. The number of hydrogen-bond donors (Lipinski definition) is 1. The quantitative estimate of drug-likeness (QED) is 0.132. The van der Waals surface area contributed by atoms with E-state index < -0.39 is 20.2 Å². The number of carbonyl (C=O) groups excluding carboxylic acids is 1. The van der Waals surface area contributed by atoms with Crippen LogP contribution in [0.1, 0.15) is 5.56 Å². The molecule has 0 atom stereocenters. The van der Waals surface area contributed by atoms with Gasteiger partial charge in [0.2, 0.25) is 0 Å². The van der Waals surface area contributed by atoms with Gasteiger partial charge in [0, 0.05) is 27.8 Å². The lowest BCUT2D eigenvalue weighted by atomic mass is 10.1. The summed E-state index contributed by atoms with van der Waals surface area (Å²) in [4.78, 5) is 20.0. The number of fused-ring (bicyclic) bond motifs is 1. The number of rotatable bonds is 10. The fourth-order valence-corrected chi connectivity index (χ4v) is 4.93. The molecule has 0 spiro atoms. The van der Waals surface area contributed by atoms with Crippen LogP contribution in [0.3, 0.4) is 0 Å². The van der Waals surface area contributed by atoms with Crippen LogP contribution in [-0.2, 0) is 16.1 Å². The molecule has 0 unspecified atom stereocenters. The van der Waals surface area contributed by atoms with Crippen molar-refractivity contribution in [3.8, 4) is 17.3 Å². The van der Waals surface area contributed by atoms with Crippen LogP contribution < -0.4 is 5.32 Å². The maximum atomic E-state index is 12.7. The maximum Gasteiger partial charge on any atom is 0.471 e. The SMILES string of the molecule is C[Si](C)(C)CCOCSc1ncnc2c(C#N)c(-c3ccccc3)n(CCNC(=O)C(F)(F)F)c12. The summed E-state index contributed by atoms with van der Waals surface area (Å²) in [6.07, 6.45) is -3.62. The summed E-state index contributed by atoms with van der Waals surface area (Å²) < 4.78 is 45.5. The number of thioether (sulfide) groups is 1. The minimum absolute atomic E-state index is 0.0123. The van der Waals surface area contributed by atoms with Gasteiger partial charge in [0.25, 0.3) is 0 Å². The molecule has 1 N–H and O–H groups in total. The number of hydrogen-bond acceptors (Lipinski definition) is 6. The Morgan fingerprint density at radius 2 is 1.94 bits per heavy atom. The van der Waals surface area contributed by atoms with Crippen LogP contribution >= 0.6 is 11.8 Å². The van der Waals surface area contributed by atoms with Crippen molar-refractivity contribution >= 4 is 36.8 Å². The highest BCUT2D eigenvalue weighted by atomic mass is 32.2. The van der Waals surface area contributed by atoms with Gasteiger partial charge in [-0.15, -0.1) is 0 Å². The largest absolute Gasteiger partial charge is 0.471 e. The van der Waals surface area contributed by atoms with E-state index in [0.29, 0.717) is 39.9 Å². The number of halogens is 3. The fourth-order valence-electron chi connectivity index (χ4n) is 3.40. The molecule has 35 heavy (non-hydrogen) atoms. The molecule has 0 bridgehead atoms. The Morgan fingerprint density at radius 1 is 1.23 bits per heavy atom. The summed E-state index contributed by atoms with van der Waals surface area (Å²) in [5.74, 6) is -1.69. The topological polar surface area (TPSA) is 92.8 Å². The molecule has 2 heterocycles. The van der Waals surface area contributed by atoms with Crippen LogP contribution in [-0.4, -0.2) is 53.8 Å². The van der Waals surface area contributed by atoms with Crippen molar-refractivity contribution in [1.29, 1.82) is 5.26 Å². The molecule has 12 heteroatoms. The van der Waals surface area contributed by atoms with Crippen molar-refractivity contribution in [3.05, 3.63) is 42.2 Å². The molecule has 0 aliphatic carbocycles. The average Bonchev–Trinajstić information content (AvgIpc) is 3.12. The lowest BCUT2D eigenvalue weighted by Gasteiger charge is -2.15. The van der Waals surface area contributed by atoms with Gasteiger partial charge in [-0.3, -0.25) is 4.79 Å². The van der Waals surface area contributed by atoms with Crippen LogP contribution in [0.25, 0.3) is 22.3 Å². The standard InChI is InChI=1S/C23H26F3N5O2SSi/c1-35(2,3)12-11-33-15-34-21-20-18(29-14-30-21)17(13-27)19(16-7-5-4-6-8-16)31(20)10-9-28-22(32)23(24,25)26/h4-8,14H,9-12,15H2,1-3H3,(H,28,32). The number of amides is 1. The lowest BCUT2D eigenvalue weighted by Crippen LogP contribution is -2.38. The van der Waals surface area contributed by atoms with Gasteiger partial charge < -0.3 is 14.6 Å². The third-order valence-corrected chi connectivity index (χ3v) is 7.68. The first-order chi connectivity index (χ1) is 16.5. The van der Waals surface area contributed by atoms with Crippen LogP contribution in [0, 0.1) is 11.3 Å². The minimum Gasteiger partial charge on any atom is -0.371 e. The van der Waals surface area contributed by atoms with Gasteiger partial charge in [-0.25, -0.2) is 9.97 Å². The number of nitriles is 1. The molecule has 0 saturated heterocycles. The zero-order valence-corrected chi connectivity index (χ0v) is 21.5. The molecule has 0 aliphatic rings. The van der Waals surface area contributed by atoms with Crippen LogP contribution in [0.2, 0.25) is 25.7 Å². The Bertz CT molecular complexity index is 1220. The molecule has 3 rings (SSSR count). The van der Waals surface area contributed by atoms with Gasteiger partial charge in [-0.2, -0.15) is 18.4 Å². The van der Waals surface area contributed by atoms with Crippen LogP contribution in [0.15, 0.2) is 41.7 Å². The van der Waals surface area contributed by atoms with E-state index in [4.69, 9.17) is 4.74 Å². The van der Waals surface area contributed by atoms with Crippen molar-refractivity contribution in [2.75, 3.05) is 19.1 Å². The molecule has 7 nitrogen and oxygen atoms in total. The van der Waals surface area contributed by atoms with E-state index in [1.165, 1.54) is 18.1 Å². The summed E-state index contributed by atoms with van der Waals surface area (Å²) in [6, 6.07) is 12.2. The first-order valence-corrected chi connectivity index (χ1v) is 15.6. The zero-order chi connectivity index (χ0) is 25.6. The Labute approximate surface area is 206 Å². The van der Waals surface area contributed by atoms with E-state index in [-0.39, 0.29) is 18.7 Å². The van der Waals surface area contributed by atoms with E-state index >= 15 is 0 Å². The first-order valence-electron chi connectivity index (χ1n) is 10.9. The van der Waals surface area contributed by atoms with Gasteiger partial charge in [-0.05, 0) is 11.6 Å². The third kappa shape index (κ3) is 6.84. The Hall–Kier alpha value is -2.88. The van der Waals surface area contributed by atoms with Crippen LogP contribution in [0.5, 0.6) is 0 Å². The third-order valence-electron chi connectivity index (χ3n) is 5.11. The number of carbonyl (C=O) groups is 1. The molecular weight excluding hydrogens is 495 g/mol. The van der Waals surface area contributed by atoms with Crippen LogP contribution in [0.4, 0.5) is 13.2 Å². The smallest absolute Gasteiger partial charge is 0.371 e. The summed E-state index contributed by atoms with van der Waals surface area (Å²) in [5, 5.41) is 12.4. The van der Waals surface area contributed by atoms with Crippen molar-refractivity contribution in [2.45, 2.75) is 43.4 Å². The second-order valence-electron chi connectivity index (χ2n) is 8.96. The first kappa shape index (κ1) is 26.7. The van der Waals surface area contributed by atoms with Gasteiger partial charge in [0.15, 0.2) is 0 Å². The number of nitrogens with zero attached hydrogens (tertiary/aromatic N) is 4. The number of benzene rings is 1. The van der Waals surface area contributed by atoms with E-state index in [2.05, 4.69) is 35.7 Å². The van der Waals surface area contributed by atoms with Gasteiger partial charge in [0.1, 0.15) is 34.0 Å². The molecule has 0 radical (unpaired) electrons. The Morgan fingerprint density at radius 3 is 2.57 bits per heavy atom. The number of aromatic nitrogens is 3. The average molecular weight is 522 g/mol. The number of alkyl halides is 3. The second kappa shape index (κ2) is 11.2. The highest BCUT2D eigenvalue weighted by Crippen LogP contribution is 2.36. The summed E-state index contributed by atoms with van der Waals surface area (Å²) in [5.41, 5.74) is 2.41. The van der Waals surface area contributed by atoms with Crippen molar-refractivity contribution in [1.82, 2.24) is 19.9 Å². The Balaban J connectivity index is 1.98. The summed E-state index contributed by atoms with van der Waals surface area (Å²) >= 11 is 1.33. The molecular formula is C23H26F3N5O2SSi. The van der Waals surface area contributed by atoms with Crippen molar-refractivity contribution < 1.29 is 22.7 Å². The number of nitrogens with one attached hydrogen (secondary N) is 1. The predicted molar refractivity (Wildman–Crippen MR) is 132 cm³/mol. The Kier molecular flexibility index (Phi) is 8.58. The second-order valence-corrected chi connectivity index (χ2v) is 15.5. The summed E-state index contributed by atoms with van der Waals surface area (Å²) in [6.45, 7) is 7.10. The van der Waals surface area contributed by atoms with Gasteiger partial charge in [0.05, 0.1) is 11.6 Å². The van der Waals surface area contributed by atoms with E-state index in [9.17, 15) is 23.2 Å². The molecule has 0 aliphatic heterocycles. The molecule has 2 aromatic heterocycles. The molecule has 3 aromatic rings. The highest BCUT2D eigenvalue weighted by Gasteiger charge is 2.38. The van der Waals surface area contributed by atoms with Crippen molar-refractivity contribution in [3.63, 3.8) is 0 Å². The van der Waals surface area contributed by atoms with Crippen molar-refractivity contribution in [2.24, 2.45) is 0 Å². The number of ether oxygens (including phenoxy) is 1. The fraction of sp³-hybridized carbons (Fsp3) is 0.391. The highest BCUT2D eigenvalue weighted by molar-refractivity contribution is 7.99.